The number of hydrogen-bond donors (Lipinski definition) is 1. The third-order valence-corrected chi connectivity index (χ3v) is 5.84. The molecule has 30 heavy (non-hydrogen) atoms. The van der Waals surface area contributed by atoms with Crippen molar-refractivity contribution in [2.75, 3.05) is 13.2 Å². The lowest BCUT2D eigenvalue weighted by atomic mass is 9.98. The summed E-state index contributed by atoms with van der Waals surface area (Å²) in [6, 6.07) is 22.1. The first-order valence-electron chi connectivity index (χ1n) is 9.66. The summed E-state index contributed by atoms with van der Waals surface area (Å²) >= 11 is 9.53. The molecule has 0 aliphatic heterocycles. The third-order valence-electron chi connectivity index (χ3n) is 5.01. The Hall–Kier alpha value is -2.74. The second kappa shape index (κ2) is 9.38. The Morgan fingerprint density at radius 2 is 1.70 bits per heavy atom. The minimum atomic E-state index is -0.431. The highest BCUT2D eigenvalue weighted by molar-refractivity contribution is 9.10. The smallest absolute Gasteiger partial charge is 0.407 e. The summed E-state index contributed by atoms with van der Waals surface area (Å²) in [5, 5.41) is 3.37. The van der Waals surface area contributed by atoms with Crippen molar-refractivity contribution in [1.82, 2.24) is 5.32 Å². The number of ether oxygens (including phenoxy) is 1. The van der Waals surface area contributed by atoms with Crippen LogP contribution in [0.3, 0.4) is 0 Å². The summed E-state index contributed by atoms with van der Waals surface area (Å²) in [4.78, 5) is 12.1. The predicted molar refractivity (Wildman–Crippen MR) is 124 cm³/mol. The van der Waals surface area contributed by atoms with Gasteiger partial charge in [0.1, 0.15) is 6.61 Å². The molecule has 0 heterocycles. The van der Waals surface area contributed by atoms with E-state index >= 15 is 0 Å². The van der Waals surface area contributed by atoms with Crippen LogP contribution < -0.4 is 5.32 Å². The van der Waals surface area contributed by atoms with Gasteiger partial charge in [0.15, 0.2) is 0 Å². The van der Waals surface area contributed by atoms with E-state index in [1.165, 1.54) is 22.3 Å². The van der Waals surface area contributed by atoms with Crippen LogP contribution in [0.25, 0.3) is 11.1 Å². The molecule has 3 aromatic rings. The Morgan fingerprint density at radius 1 is 1.03 bits per heavy atom. The average Bonchev–Trinajstić information content (AvgIpc) is 3.08. The average molecular weight is 481 g/mol. The lowest BCUT2D eigenvalue weighted by Gasteiger charge is -2.14. The van der Waals surface area contributed by atoms with Gasteiger partial charge in [0.2, 0.25) is 0 Å². The lowest BCUT2D eigenvalue weighted by molar-refractivity contribution is 0.143. The van der Waals surface area contributed by atoms with Gasteiger partial charge >= 0.3 is 6.09 Å². The van der Waals surface area contributed by atoms with E-state index in [0.29, 0.717) is 24.6 Å². The number of carbonyl (C=O) groups is 1. The first-order valence-corrected chi connectivity index (χ1v) is 10.8. The molecule has 3 aromatic carbocycles. The van der Waals surface area contributed by atoms with Crippen molar-refractivity contribution in [3.8, 4) is 23.0 Å². The first kappa shape index (κ1) is 20.5. The number of halogens is 2. The highest BCUT2D eigenvalue weighted by atomic mass is 79.9. The van der Waals surface area contributed by atoms with Crippen molar-refractivity contribution < 1.29 is 9.53 Å². The fourth-order valence-corrected chi connectivity index (χ4v) is 4.15. The van der Waals surface area contributed by atoms with Gasteiger partial charge in [0.05, 0.1) is 5.02 Å². The van der Waals surface area contributed by atoms with E-state index in [1.807, 2.05) is 36.4 Å². The van der Waals surface area contributed by atoms with E-state index in [2.05, 4.69) is 57.4 Å². The number of rotatable bonds is 4. The quantitative estimate of drug-likeness (QED) is 0.347. The zero-order valence-electron chi connectivity index (χ0n) is 16.1. The van der Waals surface area contributed by atoms with Gasteiger partial charge in [0, 0.05) is 28.9 Å². The normalized spacial score (nSPS) is 11.8. The monoisotopic (exact) mass is 479 g/mol. The number of nitrogens with one attached hydrogen (secondary N) is 1. The highest BCUT2D eigenvalue weighted by Crippen LogP contribution is 2.44. The fraction of sp³-hybridized carbons (Fsp3) is 0.160. The van der Waals surface area contributed by atoms with Gasteiger partial charge < -0.3 is 10.1 Å². The molecule has 0 aromatic heterocycles. The Kier molecular flexibility index (Phi) is 6.42. The van der Waals surface area contributed by atoms with Gasteiger partial charge in [-0.25, -0.2) is 4.79 Å². The van der Waals surface area contributed by atoms with Gasteiger partial charge in [0.25, 0.3) is 0 Å². The van der Waals surface area contributed by atoms with Crippen molar-refractivity contribution in [1.29, 1.82) is 0 Å². The number of hydrogen-bond acceptors (Lipinski definition) is 2. The van der Waals surface area contributed by atoms with Crippen molar-refractivity contribution in [2.24, 2.45) is 0 Å². The van der Waals surface area contributed by atoms with E-state index in [9.17, 15) is 4.79 Å². The Morgan fingerprint density at radius 3 is 2.40 bits per heavy atom. The molecule has 0 radical (unpaired) electrons. The molecule has 1 amide bonds. The molecule has 1 N–H and O–H groups in total. The number of carbonyl (C=O) groups excluding carboxylic acids is 1. The second-order valence-electron chi connectivity index (χ2n) is 6.93. The maximum atomic E-state index is 12.1. The van der Waals surface area contributed by atoms with E-state index in [1.54, 1.807) is 6.07 Å². The largest absolute Gasteiger partial charge is 0.449 e. The first-order chi connectivity index (χ1) is 14.6. The number of amides is 1. The molecule has 3 nitrogen and oxygen atoms in total. The number of benzene rings is 3. The SMILES string of the molecule is O=C(NCCC#Cc1cc(Br)ccc1Cl)OCC1c2ccccc2-c2ccccc21. The molecule has 4 rings (SSSR count). The zero-order valence-corrected chi connectivity index (χ0v) is 18.5. The predicted octanol–water partition coefficient (Wildman–Crippen LogP) is 6.38. The van der Waals surface area contributed by atoms with Crippen LogP contribution in [0.4, 0.5) is 4.79 Å². The van der Waals surface area contributed by atoms with Crippen LogP contribution in [0.5, 0.6) is 0 Å². The van der Waals surface area contributed by atoms with E-state index in [0.717, 1.165) is 10.0 Å². The molecular weight excluding hydrogens is 462 g/mol. The Bertz CT molecular complexity index is 1100. The Labute approximate surface area is 189 Å². The van der Waals surface area contributed by atoms with E-state index < -0.39 is 6.09 Å². The molecule has 0 bridgehead atoms. The fourth-order valence-electron chi connectivity index (χ4n) is 3.63. The molecular formula is C25H19BrClNO2. The van der Waals surface area contributed by atoms with Gasteiger partial charge in [-0.05, 0) is 40.5 Å². The van der Waals surface area contributed by atoms with Crippen LogP contribution >= 0.6 is 27.5 Å². The minimum absolute atomic E-state index is 0.0570. The molecule has 0 saturated heterocycles. The summed E-state index contributed by atoms with van der Waals surface area (Å²) in [7, 11) is 0. The number of fused-ring (bicyclic) bond motifs is 3. The van der Waals surface area contributed by atoms with Crippen LogP contribution in [0.1, 0.15) is 29.0 Å². The summed E-state index contributed by atoms with van der Waals surface area (Å²) in [6.45, 7) is 0.717. The van der Waals surface area contributed by atoms with Gasteiger partial charge in [-0.1, -0.05) is 87.9 Å². The molecule has 1 aliphatic rings. The zero-order chi connectivity index (χ0) is 20.9. The number of alkyl carbamates (subject to hydrolysis) is 1. The summed E-state index contributed by atoms with van der Waals surface area (Å²) in [5.41, 5.74) is 5.57. The van der Waals surface area contributed by atoms with Crippen LogP contribution in [-0.4, -0.2) is 19.2 Å². The minimum Gasteiger partial charge on any atom is -0.449 e. The van der Waals surface area contributed by atoms with Crippen molar-refractivity contribution >= 4 is 33.6 Å². The van der Waals surface area contributed by atoms with Crippen molar-refractivity contribution in [3.63, 3.8) is 0 Å². The van der Waals surface area contributed by atoms with Crippen molar-refractivity contribution in [3.05, 3.63) is 92.9 Å². The van der Waals surface area contributed by atoms with Gasteiger partial charge in [-0.2, -0.15) is 0 Å². The van der Waals surface area contributed by atoms with E-state index in [-0.39, 0.29) is 5.92 Å². The molecule has 0 spiro atoms. The van der Waals surface area contributed by atoms with Crippen LogP contribution in [-0.2, 0) is 4.74 Å². The third kappa shape index (κ3) is 4.53. The van der Waals surface area contributed by atoms with Crippen LogP contribution in [0.2, 0.25) is 5.02 Å². The topological polar surface area (TPSA) is 38.3 Å². The van der Waals surface area contributed by atoms with Crippen LogP contribution in [0.15, 0.2) is 71.2 Å². The van der Waals surface area contributed by atoms with E-state index in [4.69, 9.17) is 16.3 Å². The standard InChI is InChI=1S/C25H19BrClNO2/c26-18-12-13-24(27)17(15-18)7-5-6-14-28-25(29)30-16-23-21-10-3-1-8-19(21)20-9-2-4-11-22(20)23/h1-4,8-13,15,23H,6,14,16H2,(H,28,29). The summed E-state index contributed by atoms with van der Waals surface area (Å²) in [5.74, 6) is 6.10. The van der Waals surface area contributed by atoms with Gasteiger partial charge in [-0.3, -0.25) is 0 Å². The lowest BCUT2D eigenvalue weighted by Crippen LogP contribution is -2.26. The summed E-state index contributed by atoms with van der Waals surface area (Å²) < 4.78 is 6.44. The molecule has 0 saturated carbocycles. The van der Waals surface area contributed by atoms with Gasteiger partial charge in [-0.15, -0.1) is 0 Å². The molecule has 0 atom stereocenters. The molecule has 1 aliphatic carbocycles. The second-order valence-corrected chi connectivity index (χ2v) is 8.25. The maximum Gasteiger partial charge on any atom is 0.407 e. The molecule has 5 heteroatoms. The highest BCUT2D eigenvalue weighted by Gasteiger charge is 2.28. The van der Waals surface area contributed by atoms with Crippen molar-refractivity contribution in [2.45, 2.75) is 12.3 Å². The molecule has 0 fully saturated rings. The van der Waals surface area contributed by atoms with Crippen LogP contribution in [0, 0.1) is 11.8 Å². The summed E-state index contributed by atoms with van der Waals surface area (Å²) in [6.07, 6.45) is 0.0756. The maximum absolute atomic E-state index is 12.1. The molecule has 150 valence electrons. The Balaban J connectivity index is 1.30. The molecule has 0 unspecified atom stereocenters.